The molecule has 9 nitrogen and oxygen atoms in total. The number of H-pyrrole nitrogens is 1. The van der Waals surface area contributed by atoms with E-state index in [4.69, 9.17) is 19.9 Å². The molecule has 1 unspecified atom stereocenters. The number of halogens is 1. The van der Waals surface area contributed by atoms with Crippen molar-refractivity contribution in [2.24, 2.45) is 0 Å². The van der Waals surface area contributed by atoms with Crippen molar-refractivity contribution >= 4 is 17.1 Å². The Kier molecular flexibility index (Phi) is 5.24. The van der Waals surface area contributed by atoms with E-state index in [0.717, 1.165) is 0 Å². The summed E-state index contributed by atoms with van der Waals surface area (Å²) < 4.78 is 34.5. The number of aromatic nitrogens is 4. The van der Waals surface area contributed by atoms with Crippen molar-refractivity contribution in [1.82, 2.24) is 19.5 Å². The summed E-state index contributed by atoms with van der Waals surface area (Å²) in [5.74, 6) is -0.0808. The molecule has 2 aromatic rings. The summed E-state index contributed by atoms with van der Waals surface area (Å²) in [6.45, 7) is 11.4. The van der Waals surface area contributed by atoms with Gasteiger partial charge in [-0.3, -0.25) is 14.3 Å². The van der Waals surface area contributed by atoms with Crippen molar-refractivity contribution in [2.45, 2.75) is 77.4 Å². The maximum absolute atomic E-state index is 15.4. The Morgan fingerprint density at radius 1 is 1.29 bits per heavy atom. The van der Waals surface area contributed by atoms with Crippen LogP contribution in [0.5, 0.6) is 0 Å². The van der Waals surface area contributed by atoms with Crippen molar-refractivity contribution in [1.29, 1.82) is 0 Å². The van der Waals surface area contributed by atoms with Gasteiger partial charge in [0.05, 0.1) is 24.1 Å². The number of nitrogens with zero attached hydrogens (tertiary/aromatic N) is 3. The second-order valence-corrected chi connectivity index (χ2v) is 8.90. The van der Waals surface area contributed by atoms with Crippen molar-refractivity contribution < 1.29 is 18.6 Å². The molecule has 0 bridgehead atoms. The average Bonchev–Trinajstić information content (AvgIpc) is 3.06. The Balaban J connectivity index is 1.95. The maximum Gasteiger partial charge on any atom is 0.280 e. The monoisotopic (exact) mass is 397 g/mol. The van der Waals surface area contributed by atoms with E-state index in [-0.39, 0.29) is 23.7 Å². The molecule has 1 saturated heterocycles. The number of hydrogen-bond donors (Lipinski definition) is 2. The average molecular weight is 397 g/mol. The van der Waals surface area contributed by atoms with Gasteiger partial charge in [0.1, 0.15) is 12.2 Å². The third-order valence-corrected chi connectivity index (χ3v) is 4.16. The lowest BCUT2D eigenvalue weighted by molar-refractivity contribution is -0.135. The van der Waals surface area contributed by atoms with Gasteiger partial charge < -0.3 is 19.9 Å². The van der Waals surface area contributed by atoms with E-state index in [9.17, 15) is 4.79 Å². The molecule has 0 amide bonds. The molecule has 1 aliphatic heterocycles. The molecule has 3 N–H and O–H groups in total. The molecule has 0 aliphatic carbocycles. The number of ether oxygens (including phenoxy) is 3. The number of nitrogens with two attached hydrogens (primary N) is 1. The molecule has 1 fully saturated rings. The van der Waals surface area contributed by atoms with Gasteiger partial charge in [-0.05, 0) is 41.5 Å². The normalized spacial score (nSPS) is 26.2. The summed E-state index contributed by atoms with van der Waals surface area (Å²) in [6.07, 6.45) is -2.77. The van der Waals surface area contributed by atoms with Crippen LogP contribution < -0.4 is 11.3 Å². The highest BCUT2D eigenvalue weighted by atomic mass is 19.1. The molecule has 3 rings (SSSR count). The zero-order valence-electron chi connectivity index (χ0n) is 17.0. The number of imidazole rings is 1. The van der Waals surface area contributed by atoms with E-state index < -0.39 is 41.4 Å². The van der Waals surface area contributed by atoms with Crippen LogP contribution in [0.1, 0.15) is 47.8 Å². The zero-order chi connectivity index (χ0) is 20.9. The first-order valence-electron chi connectivity index (χ1n) is 9.19. The fraction of sp³-hybridized carbons (Fsp3) is 0.722. The minimum Gasteiger partial charge on any atom is -0.373 e. The van der Waals surface area contributed by atoms with Gasteiger partial charge in [-0.25, -0.2) is 9.37 Å². The summed E-state index contributed by atoms with van der Waals surface area (Å²) in [7, 11) is 0. The SMILES string of the molecule is CC(C)(C)OC[C@H]1O[C@@H](n2cnc3c(=O)[nH]c(N)nc32)[C@@H](F)C1OC(C)(C)C. The quantitative estimate of drug-likeness (QED) is 0.809. The number of nitrogen functional groups attached to an aromatic ring is 1. The fourth-order valence-electron chi connectivity index (χ4n) is 3.06. The van der Waals surface area contributed by atoms with Crippen LogP contribution >= 0.6 is 0 Å². The summed E-state index contributed by atoms with van der Waals surface area (Å²) >= 11 is 0. The molecule has 3 heterocycles. The standard InChI is InChI=1S/C18H28FN5O4/c1-17(2,3)26-7-9-12(28-18(4,5)6)10(19)15(27-9)24-8-21-11-13(24)22-16(20)23-14(11)25/h8-10,12,15H,7H2,1-6H3,(H3,20,22,23,25)/t9-,10+,12?,15-/m1/s1. The number of alkyl halides is 1. The van der Waals surface area contributed by atoms with Crippen LogP contribution in [0.4, 0.5) is 10.3 Å². The van der Waals surface area contributed by atoms with Gasteiger partial charge in [0.25, 0.3) is 5.56 Å². The number of anilines is 1. The fourth-order valence-corrected chi connectivity index (χ4v) is 3.06. The largest absolute Gasteiger partial charge is 0.373 e. The predicted molar refractivity (Wildman–Crippen MR) is 102 cm³/mol. The van der Waals surface area contributed by atoms with Gasteiger partial charge in [-0.15, -0.1) is 0 Å². The second-order valence-electron chi connectivity index (χ2n) is 8.90. The lowest BCUT2D eigenvalue weighted by atomic mass is 10.1. The number of nitrogens with one attached hydrogen (secondary N) is 1. The third kappa shape index (κ3) is 4.34. The first-order valence-corrected chi connectivity index (χ1v) is 9.19. The Hall–Kier alpha value is -2.04. The minimum absolute atomic E-state index is 0.0627. The van der Waals surface area contributed by atoms with E-state index in [1.807, 2.05) is 41.5 Å². The van der Waals surface area contributed by atoms with E-state index in [2.05, 4.69) is 15.0 Å². The molecular formula is C18H28FN5O4. The van der Waals surface area contributed by atoms with Crippen LogP contribution in [0.2, 0.25) is 0 Å². The van der Waals surface area contributed by atoms with Crippen molar-refractivity contribution in [3.8, 4) is 0 Å². The Morgan fingerprint density at radius 3 is 2.57 bits per heavy atom. The molecule has 156 valence electrons. The van der Waals surface area contributed by atoms with Gasteiger partial charge in [-0.2, -0.15) is 4.98 Å². The number of fused-ring (bicyclic) bond motifs is 1. The Labute approximate surface area is 162 Å². The van der Waals surface area contributed by atoms with E-state index >= 15 is 4.39 Å². The molecule has 2 aromatic heterocycles. The molecule has 0 aromatic carbocycles. The van der Waals surface area contributed by atoms with Crippen LogP contribution in [0.15, 0.2) is 11.1 Å². The first-order chi connectivity index (χ1) is 12.9. The summed E-state index contributed by atoms with van der Waals surface area (Å²) in [5.41, 5.74) is 4.36. The number of hydrogen-bond acceptors (Lipinski definition) is 7. The van der Waals surface area contributed by atoms with Gasteiger partial charge in [0, 0.05) is 0 Å². The van der Waals surface area contributed by atoms with Crippen LogP contribution in [0.3, 0.4) is 0 Å². The second kappa shape index (κ2) is 7.09. The van der Waals surface area contributed by atoms with Gasteiger partial charge in [0.2, 0.25) is 5.95 Å². The number of aromatic amines is 1. The highest BCUT2D eigenvalue weighted by Crippen LogP contribution is 2.37. The molecule has 28 heavy (non-hydrogen) atoms. The zero-order valence-corrected chi connectivity index (χ0v) is 17.0. The lowest BCUT2D eigenvalue weighted by Gasteiger charge is -2.30. The lowest BCUT2D eigenvalue weighted by Crippen LogP contribution is -2.41. The molecule has 0 radical (unpaired) electrons. The predicted octanol–water partition coefficient (Wildman–Crippen LogP) is 1.94. The highest BCUT2D eigenvalue weighted by molar-refractivity contribution is 5.70. The summed E-state index contributed by atoms with van der Waals surface area (Å²) in [5, 5.41) is 0. The summed E-state index contributed by atoms with van der Waals surface area (Å²) in [6, 6.07) is 0. The van der Waals surface area contributed by atoms with E-state index in [1.165, 1.54) is 10.9 Å². The highest BCUT2D eigenvalue weighted by Gasteiger charge is 2.49. The maximum atomic E-state index is 15.4. The molecule has 10 heteroatoms. The Bertz CT molecular complexity index is 898. The van der Waals surface area contributed by atoms with Gasteiger partial charge in [0.15, 0.2) is 23.6 Å². The van der Waals surface area contributed by atoms with Crippen LogP contribution in [-0.4, -0.2) is 55.7 Å². The van der Waals surface area contributed by atoms with Crippen molar-refractivity contribution in [2.75, 3.05) is 12.3 Å². The molecule has 0 spiro atoms. The van der Waals surface area contributed by atoms with Gasteiger partial charge >= 0.3 is 0 Å². The molecule has 0 saturated carbocycles. The van der Waals surface area contributed by atoms with E-state index in [1.54, 1.807) is 0 Å². The van der Waals surface area contributed by atoms with Crippen LogP contribution in [0.25, 0.3) is 11.2 Å². The molecule has 1 aliphatic rings. The smallest absolute Gasteiger partial charge is 0.280 e. The summed E-state index contributed by atoms with van der Waals surface area (Å²) in [4.78, 5) is 22.5. The first kappa shape index (κ1) is 20.7. The molecular weight excluding hydrogens is 369 g/mol. The topological polar surface area (TPSA) is 117 Å². The number of rotatable bonds is 4. The third-order valence-electron chi connectivity index (χ3n) is 4.16. The minimum atomic E-state index is -1.52. The van der Waals surface area contributed by atoms with Crippen LogP contribution in [0, 0.1) is 0 Å². The molecule has 4 atom stereocenters. The van der Waals surface area contributed by atoms with E-state index in [0.29, 0.717) is 0 Å². The van der Waals surface area contributed by atoms with Crippen molar-refractivity contribution in [3.63, 3.8) is 0 Å². The van der Waals surface area contributed by atoms with Crippen LogP contribution in [-0.2, 0) is 14.2 Å². The van der Waals surface area contributed by atoms with Crippen molar-refractivity contribution in [3.05, 3.63) is 16.7 Å². The van der Waals surface area contributed by atoms with Gasteiger partial charge in [-0.1, -0.05) is 0 Å². The Morgan fingerprint density at radius 2 is 1.96 bits per heavy atom.